The first-order chi connectivity index (χ1) is 15.3. The zero-order chi connectivity index (χ0) is 21.3. The van der Waals surface area contributed by atoms with Crippen molar-refractivity contribution >= 4 is 17.7 Å². The van der Waals surface area contributed by atoms with Crippen molar-refractivity contribution in [3.8, 4) is 11.5 Å². The van der Waals surface area contributed by atoms with Crippen molar-refractivity contribution in [1.29, 1.82) is 0 Å². The summed E-state index contributed by atoms with van der Waals surface area (Å²) in [5.41, 5.74) is 5.10. The van der Waals surface area contributed by atoms with Crippen molar-refractivity contribution < 1.29 is 14.3 Å². The Morgan fingerprint density at radius 3 is 2.52 bits per heavy atom. The lowest BCUT2D eigenvalue weighted by Gasteiger charge is -2.32. The molecule has 0 spiro atoms. The van der Waals surface area contributed by atoms with Crippen LogP contribution < -0.4 is 19.7 Å². The van der Waals surface area contributed by atoms with Gasteiger partial charge in [-0.3, -0.25) is 4.79 Å². The van der Waals surface area contributed by atoms with Gasteiger partial charge in [0.25, 0.3) is 0 Å². The van der Waals surface area contributed by atoms with Crippen LogP contribution >= 0.6 is 0 Å². The summed E-state index contributed by atoms with van der Waals surface area (Å²) in [6, 6.07) is 24.3. The first-order valence-corrected chi connectivity index (χ1v) is 10.8. The number of benzene rings is 3. The van der Waals surface area contributed by atoms with E-state index in [0.717, 1.165) is 50.2 Å². The Kier molecular flexibility index (Phi) is 7.06. The molecule has 3 aromatic carbocycles. The van der Waals surface area contributed by atoms with Crippen LogP contribution in [-0.4, -0.2) is 32.6 Å². The Labute approximate surface area is 183 Å². The first kappa shape index (κ1) is 20.8. The van der Waals surface area contributed by atoms with E-state index in [1.807, 2.05) is 54.6 Å². The van der Waals surface area contributed by atoms with E-state index in [0.29, 0.717) is 12.4 Å². The molecule has 0 atom stereocenters. The molecule has 1 heterocycles. The average Bonchev–Trinajstić information content (AvgIpc) is 2.83. The Balaban J connectivity index is 1.36. The van der Waals surface area contributed by atoms with Crippen LogP contribution in [0.25, 0.3) is 0 Å². The van der Waals surface area contributed by atoms with E-state index in [1.54, 1.807) is 0 Å². The minimum atomic E-state index is 0.0792. The van der Waals surface area contributed by atoms with E-state index in [-0.39, 0.29) is 6.61 Å². The second kappa shape index (κ2) is 10.5. The highest BCUT2D eigenvalue weighted by molar-refractivity contribution is 5.59. The lowest BCUT2D eigenvalue weighted by Crippen LogP contribution is -2.33. The molecule has 31 heavy (non-hydrogen) atoms. The van der Waals surface area contributed by atoms with Crippen molar-refractivity contribution in [1.82, 2.24) is 0 Å². The molecule has 1 aliphatic heterocycles. The molecule has 0 saturated carbocycles. The maximum atomic E-state index is 10.4. The van der Waals surface area contributed by atoms with E-state index in [2.05, 4.69) is 28.4 Å². The third-order valence-corrected chi connectivity index (χ3v) is 5.47. The molecular formula is C26H28N2O3. The topological polar surface area (TPSA) is 50.8 Å². The molecule has 4 rings (SSSR count). The van der Waals surface area contributed by atoms with Gasteiger partial charge in [0.05, 0.1) is 6.54 Å². The fraction of sp³-hybridized carbons (Fsp3) is 0.269. The molecule has 0 bridgehead atoms. The summed E-state index contributed by atoms with van der Waals surface area (Å²) in [4.78, 5) is 12.9. The van der Waals surface area contributed by atoms with Crippen molar-refractivity contribution in [3.05, 3.63) is 83.9 Å². The highest BCUT2D eigenvalue weighted by Gasteiger charge is 2.19. The Hall–Kier alpha value is -3.47. The zero-order valence-electron chi connectivity index (χ0n) is 17.6. The summed E-state index contributed by atoms with van der Waals surface area (Å²) in [5.74, 6) is 1.61. The van der Waals surface area contributed by atoms with Crippen LogP contribution in [0.15, 0.2) is 72.8 Å². The van der Waals surface area contributed by atoms with Gasteiger partial charge in [0, 0.05) is 24.5 Å². The molecule has 5 heteroatoms. The molecule has 0 unspecified atom stereocenters. The lowest BCUT2D eigenvalue weighted by atomic mass is 9.96. The van der Waals surface area contributed by atoms with Gasteiger partial charge in [0.15, 0.2) is 6.29 Å². The average molecular weight is 417 g/mol. The van der Waals surface area contributed by atoms with Crippen molar-refractivity contribution in [2.75, 3.05) is 36.5 Å². The standard InChI is InChI=1S/C26H28N2O3/c29-17-19-31-24-13-11-22(12-14-24)27-20-21-6-4-10-26-25(21)9-5-15-28(26)16-18-30-23-7-2-1-3-8-23/h1-4,6-8,10-14,17,27H,5,9,15-16,18-20H2. The largest absolute Gasteiger partial charge is 0.492 e. The maximum absolute atomic E-state index is 10.4. The zero-order valence-corrected chi connectivity index (χ0v) is 17.6. The van der Waals surface area contributed by atoms with Crippen LogP contribution in [0.1, 0.15) is 17.5 Å². The second-order valence-electron chi connectivity index (χ2n) is 7.52. The predicted molar refractivity (Wildman–Crippen MR) is 124 cm³/mol. The summed E-state index contributed by atoms with van der Waals surface area (Å²) in [5, 5.41) is 3.51. The number of hydrogen-bond acceptors (Lipinski definition) is 5. The Morgan fingerprint density at radius 2 is 1.71 bits per heavy atom. The number of carbonyl (C=O) groups is 1. The third kappa shape index (κ3) is 5.57. The molecule has 0 aromatic heterocycles. The fourth-order valence-corrected chi connectivity index (χ4v) is 3.96. The Morgan fingerprint density at radius 1 is 0.903 bits per heavy atom. The minimum Gasteiger partial charge on any atom is -0.492 e. The number of rotatable bonds is 10. The molecule has 1 aliphatic rings. The van der Waals surface area contributed by atoms with Crippen molar-refractivity contribution in [2.45, 2.75) is 19.4 Å². The number of anilines is 2. The molecule has 0 saturated heterocycles. The van der Waals surface area contributed by atoms with Crippen LogP contribution in [-0.2, 0) is 17.8 Å². The van der Waals surface area contributed by atoms with Gasteiger partial charge in [-0.15, -0.1) is 0 Å². The molecule has 0 amide bonds. The van der Waals surface area contributed by atoms with Gasteiger partial charge in [-0.2, -0.15) is 0 Å². The predicted octanol–water partition coefficient (Wildman–Crippen LogP) is 4.71. The van der Waals surface area contributed by atoms with Gasteiger partial charge >= 0.3 is 0 Å². The summed E-state index contributed by atoms with van der Waals surface area (Å²) < 4.78 is 11.2. The number of para-hydroxylation sites is 1. The van der Waals surface area contributed by atoms with Gasteiger partial charge in [-0.05, 0) is 66.4 Å². The summed E-state index contributed by atoms with van der Waals surface area (Å²) >= 11 is 0. The van der Waals surface area contributed by atoms with Crippen LogP contribution in [0.2, 0.25) is 0 Å². The lowest BCUT2D eigenvalue weighted by molar-refractivity contribution is -0.109. The number of fused-ring (bicyclic) bond motifs is 1. The molecule has 3 aromatic rings. The second-order valence-corrected chi connectivity index (χ2v) is 7.52. The molecule has 0 radical (unpaired) electrons. The smallest absolute Gasteiger partial charge is 0.157 e. The Bertz CT molecular complexity index is 974. The molecule has 0 fully saturated rings. The highest BCUT2D eigenvalue weighted by Crippen LogP contribution is 2.30. The number of nitrogens with one attached hydrogen (secondary N) is 1. The summed E-state index contributed by atoms with van der Waals surface area (Å²) in [6.45, 7) is 3.46. The van der Waals surface area contributed by atoms with Crippen LogP contribution in [0.4, 0.5) is 11.4 Å². The van der Waals surface area contributed by atoms with Gasteiger partial charge in [-0.25, -0.2) is 0 Å². The van der Waals surface area contributed by atoms with Gasteiger partial charge in [0.1, 0.15) is 24.7 Å². The van der Waals surface area contributed by atoms with E-state index >= 15 is 0 Å². The van der Waals surface area contributed by atoms with E-state index in [4.69, 9.17) is 9.47 Å². The number of nitrogens with zero attached hydrogens (tertiary/aromatic N) is 1. The van der Waals surface area contributed by atoms with E-state index in [9.17, 15) is 4.79 Å². The summed E-state index contributed by atoms with van der Waals surface area (Å²) in [7, 11) is 0. The first-order valence-electron chi connectivity index (χ1n) is 10.8. The number of hydrogen-bond donors (Lipinski definition) is 1. The van der Waals surface area contributed by atoms with E-state index in [1.165, 1.54) is 16.8 Å². The van der Waals surface area contributed by atoms with Gasteiger partial charge in [0.2, 0.25) is 0 Å². The number of aldehydes is 1. The SMILES string of the molecule is O=CCOc1ccc(NCc2cccc3c2CCCN3CCOc2ccccc2)cc1. The van der Waals surface area contributed by atoms with E-state index < -0.39 is 0 Å². The molecule has 1 N–H and O–H groups in total. The third-order valence-electron chi connectivity index (χ3n) is 5.47. The number of ether oxygens (including phenoxy) is 2. The summed E-state index contributed by atoms with van der Waals surface area (Å²) in [6.07, 6.45) is 3.00. The van der Waals surface area contributed by atoms with Crippen LogP contribution in [0, 0.1) is 0 Å². The van der Waals surface area contributed by atoms with Gasteiger partial charge < -0.3 is 19.7 Å². The van der Waals surface area contributed by atoms with Gasteiger partial charge in [-0.1, -0.05) is 30.3 Å². The van der Waals surface area contributed by atoms with Crippen molar-refractivity contribution in [2.24, 2.45) is 0 Å². The molecule has 0 aliphatic carbocycles. The quantitative estimate of drug-likeness (QED) is 0.485. The monoisotopic (exact) mass is 416 g/mol. The highest BCUT2D eigenvalue weighted by atomic mass is 16.5. The fourth-order valence-electron chi connectivity index (χ4n) is 3.96. The maximum Gasteiger partial charge on any atom is 0.157 e. The van der Waals surface area contributed by atoms with Crippen molar-refractivity contribution in [3.63, 3.8) is 0 Å². The molecule has 160 valence electrons. The number of carbonyl (C=O) groups excluding carboxylic acids is 1. The normalized spacial score (nSPS) is 12.7. The van der Waals surface area contributed by atoms with Crippen LogP contribution in [0.5, 0.6) is 11.5 Å². The minimum absolute atomic E-state index is 0.0792. The molecule has 5 nitrogen and oxygen atoms in total. The van der Waals surface area contributed by atoms with Crippen LogP contribution in [0.3, 0.4) is 0 Å². The molecular weight excluding hydrogens is 388 g/mol.